The van der Waals surface area contributed by atoms with E-state index in [0.717, 1.165) is 10.0 Å². The first-order chi connectivity index (χ1) is 12.5. The summed E-state index contributed by atoms with van der Waals surface area (Å²) < 4.78 is 7.62. The minimum atomic E-state index is -0.548. The number of aryl methyl sites for hydroxylation is 1. The zero-order chi connectivity index (χ0) is 20.6. The number of amides is 1. The number of carbonyl (C=O) groups is 1. The smallest absolute Gasteiger partial charge is 0.407 e. The summed E-state index contributed by atoms with van der Waals surface area (Å²) in [6.45, 7) is 11.7. The Balaban J connectivity index is 2.63. The summed E-state index contributed by atoms with van der Waals surface area (Å²) >= 11 is 3.45. The van der Waals surface area contributed by atoms with Gasteiger partial charge in [-0.1, -0.05) is 6.08 Å². The lowest BCUT2D eigenvalue weighted by atomic mass is 10.1. The number of nitro groups is 1. The van der Waals surface area contributed by atoms with Gasteiger partial charge in [0.1, 0.15) is 5.69 Å². The Morgan fingerprint density at radius 2 is 2.15 bits per heavy atom. The topological polar surface area (TPSA) is 99.3 Å². The number of aromatic nitrogens is 2. The third kappa shape index (κ3) is 8.21. The van der Waals surface area contributed by atoms with Crippen LogP contribution in [0.3, 0.4) is 0 Å². The summed E-state index contributed by atoms with van der Waals surface area (Å²) in [6, 6.07) is 0. The fourth-order valence-corrected chi connectivity index (χ4v) is 2.54. The molecule has 1 N–H and O–H groups in total. The van der Waals surface area contributed by atoms with E-state index in [2.05, 4.69) is 32.9 Å². The normalized spacial score (nSPS) is 12.3. The van der Waals surface area contributed by atoms with Crippen molar-refractivity contribution in [1.82, 2.24) is 15.1 Å². The van der Waals surface area contributed by atoms with Crippen molar-refractivity contribution in [1.29, 1.82) is 0 Å². The highest BCUT2D eigenvalue weighted by Gasteiger charge is 2.14. The number of carbonyl (C=O) groups excluding carboxylic acids is 1. The zero-order valence-electron chi connectivity index (χ0n) is 16.0. The maximum Gasteiger partial charge on any atom is 0.407 e. The first kappa shape index (κ1) is 22.6. The van der Waals surface area contributed by atoms with Crippen LogP contribution < -0.4 is 5.32 Å². The van der Waals surface area contributed by atoms with Gasteiger partial charge in [0.2, 0.25) is 0 Å². The van der Waals surface area contributed by atoms with E-state index < -0.39 is 11.0 Å². The van der Waals surface area contributed by atoms with Gasteiger partial charge in [-0.2, -0.15) is 5.10 Å². The molecule has 0 bridgehead atoms. The summed E-state index contributed by atoms with van der Waals surface area (Å²) in [6.07, 6.45) is 6.71. The van der Waals surface area contributed by atoms with Crippen molar-refractivity contribution < 1.29 is 14.5 Å². The highest BCUT2D eigenvalue weighted by atomic mass is 79.9. The fraction of sp³-hybridized carbons (Fsp3) is 0.444. The molecule has 27 heavy (non-hydrogen) atoms. The van der Waals surface area contributed by atoms with Gasteiger partial charge in [-0.25, -0.2) is 4.79 Å². The molecule has 1 aromatic heterocycles. The summed E-state index contributed by atoms with van der Waals surface area (Å²) in [7, 11) is 0. The molecule has 0 fully saturated rings. The second-order valence-electron chi connectivity index (χ2n) is 6.78. The van der Waals surface area contributed by atoms with Crippen LogP contribution in [0, 0.1) is 10.1 Å². The second kappa shape index (κ2) is 10.1. The lowest BCUT2D eigenvalue weighted by Crippen LogP contribution is -2.41. The van der Waals surface area contributed by atoms with E-state index >= 15 is 0 Å². The van der Waals surface area contributed by atoms with Crippen molar-refractivity contribution >= 4 is 27.6 Å². The maximum atomic E-state index is 11.6. The quantitative estimate of drug-likeness (QED) is 0.281. The van der Waals surface area contributed by atoms with Crippen molar-refractivity contribution in [2.24, 2.45) is 0 Å². The van der Waals surface area contributed by atoms with E-state index in [1.165, 1.54) is 6.08 Å². The highest BCUT2D eigenvalue weighted by Crippen LogP contribution is 2.24. The van der Waals surface area contributed by atoms with Crippen LogP contribution in [0.1, 0.15) is 39.8 Å². The number of rotatable bonds is 8. The molecular formula is C18H25BrN4O4. The van der Waals surface area contributed by atoms with E-state index in [1.54, 1.807) is 16.8 Å². The van der Waals surface area contributed by atoms with Crippen molar-refractivity contribution in [2.45, 2.75) is 46.2 Å². The Morgan fingerprint density at radius 1 is 1.48 bits per heavy atom. The number of nitrogens with one attached hydrogen (secondary N) is 1. The second-order valence-corrected chi connectivity index (χ2v) is 7.63. The average Bonchev–Trinajstić information content (AvgIpc) is 2.91. The van der Waals surface area contributed by atoms with Gasteiger partial charge < -0.3 is 10.1 Å². The predicted molar refractivity (Wildman–Crippen MR) is 108 cm³/mol. The Kier molecular flexibility index (Phi) is 8.42. The van der Waals surface area contributed by atoms with E-state index in [1.807, 2.05) is 33.9 Å². The molecule has 9 heteroatoms. The lowest BCUT2D eigenvalue weighted by Gasteiger charge is -2.19. The first-order valence-corrected chi connectivity index (χ1v) is 9.18. The van der Waals surface area contributed by atoms with E-state index in [9.17, 15) is 14.9 Å². The summed E-state index contributed by atoms with van der Waals surface area (Å²) in [5, 5.41) is 17.8. The number of hydrogen-bond donors (Lipinski definition) is 1. The minimum Gasteiger partial charge on any atom is -0.449 e. The van der Waals surface area contributed by atoms with Crippen molar-refractivity contribution in [3.05, 3.63) is 57.0 Å². The molecule has 0 spiro atoms. The number of ether oxygens (including phenoxy) is 1. The monoisotopic (exact) mass is 440 g/mol. The van der Waals surface area contributed by atoms with E-state index in [-0.39, 0.29) is 17.8 Å². The molecule has 0 aromatic carbocycles. The van der Waals surface area contributed by atoms with Gasteiger partial charge in [-0.15, -0.1) is 0 Å². The predicted octanol–water partition coefficient (Wildman–Crippen LogP) is 4.31. The molecule has 0 saturated heterocycles. The molecule has 1 amide bonds. The number of hydrogen-bond acceptors (Lipinski definition) is 5. The molecule has 0 aliphatic rings. The van der Waals surface area contributed by atoms with Crippen LogP contribution >= 0.6 is 15.9 Å². The van der Waals surface area contributed by atoms with Gasteiger partial charge in [-0.05, 0) is 61.9 Å². The van der Waals surface area contributed by atoms with E-state index in [4.69, 9.17) is 4.74 Å². The summed E-state index contributed by atoms with van der Waals surface area (Å²) in [4.78, 5) is 21.7. The molecule has 0 atom stereocenters. The Morgan fingerprint density at radius 3 is 2.70 bits per heavy atom. The molecule has 0 unspecified atom stereocenters. The molecular weight excluding hydrogens is 416 g/mol. The van der Waals surface area contributed by atoms with Crippen LogP contribution in [-0.4, -0.2) is 32.9 Å². The Bertz CT molecular complexity index is 760. The zero-order valence-corrected chi connectivity index (χ0v) is 17.6. The fourth-order valence-electron chi connectivity index (χ4n) is 2.00. The first-order valence-electron chi connectivity index (χ1n) is 8.39. The number of allylic oxidation sites excluding steroid dienone is 4. The third-order valence-corrected chi connectivity index (χ3v) is 3.81. The lowest BCUT2D eigenvalue weighted by molar-refractivity contribution is -0.418. The van der Waals surface area contributed by atoms with Crippen LogP contribution in [-0.2, 0) is 11.3 Å². The van der Waals surface area contributed by atoms with E-state index in [0.29, 0.717) is 18.7 Å². The average molecular weight is 441 g/mol. The molecule has 1 heterocycles. The molecule has 0 aliphatic heterocycles. The number of alkyl carbamates (subject to hydrolysis) is 1. The van der Waals surface area contributed by atoms with Crippen LogP contribution in [0.25, 0.3) is 5.57 Å². The molecule has 8 nitrogen and oxygen atoms in total. The Labute approximate surface area is 167 Å². The van der Waals surface area contributed by atoms with Crippen molar-refractivity contribution in [3.63, 3.8) is 0 Å². The molecule has 148 valence electrons. The summed E-state index contributed by atoms with van der Waals surface area (Å²) in [5.41, 5.74) is 0.853. The minimum absolute atomic E-state index is 0.199. The highest BCUT2D eigenvalue weighted by molar-refractivity contribution is 9.10. The van der Waals surface area contributed by atoms with Gasteiger partial charge in [0.05, 0.1) is 16.0 Å². The van der Waals surface area contributed by atoms with Crippen LogP contribution in [0.5, 0.6) is 0 Å². The van der Waals surface area contributed by atoms with Crippen LogP contribution in [0.15, 0.2) is 41.2 Å². The molecule has 0 radical (unpaired) electrons. The maximum absolute atomic E-state index is 11.6. The molecule has 1 aromatic rings. The SMILES string of the molecule is C=C(/C=C/C(=C\C)c1nn(CCCOC(=O)NC(C)(C)C)cc1Br)[N+](=O)[O-]. The van der Waals surface area contributed by atoms with Gasteiger partial charge in [0.25, 0.3) is 5.70 Å². The number of halogens is 1. The largest absolute Gasteiger partial charge is 0.449 e. The molecule has 0 aliphatic carbocycles. The van der Waals surface area contributed by atoms with Gasteiger partial charge in [0.15, 0.2) is 0 Å². The summed E-state index contributed by atoms with van der Waals surface area (Å²) in [5.74, 6) is 0. The number of nitrogens with zero attached hydrogens (tertiary/aromatic N) is 3. The van der Waals surface area contributed by atoms with Gasteiger partial charge >= 0.3 is 6.09 Å². The van der Waals surface area contributed by atoms with Gasteiger partial charge in [0, 0.05) is 30.8 Å². The van der Waals surface area contributed by atoms with Gasteiger partial charge in [-0.3, -0.25) is 14.8 Å². The van der Waals surface area contributed by atoms with Crippen LogP contribution in [0.2, 0.25) is 0 Å². The Hall–Kier alpha value is -2.42. The van der Waals surface area contributed by atoms with Crippen molar-refractivity contribution in [2.75, 3.05) is 6.61 Å². The molecule has 0 saturated carbocycles. The van der Waals surface area contributed by atoms with Crippen molar-refractivity contribution in [3.8, 4) is 0 Å². The third-order valence-electron chi connectivity index (χ3n) is 3.23. The van der Waals surface area contributed by atoms with Crippen LogP contribution in [0.4, 0.5) is 4.79 Å². The molecule has 1 rings (SSSR count). The standard InChI is InChI=1S/C18H25BrN4O4/c1-6-14(9-8-13(2)23(25)26)16-15(19)12-22(21-16)10-7-11-27-17(24)20-18(3,4)5/h6,8-9,12H,2,7,10-11H2,1,3-5H3,(H,20,24)/b9-8+,14-6+.